The summed E-state index contributed by atoms with van der Waals surface area (Å²) in [7, 11) is 0. The Kier molecular flexibility index (Phi) is 2.44. The maximum absolute atomic E-state index is 11.3. The summed E-state index contributed by atoms with van der Waals surface area (Å²) < 4.78 is 4.46. The number of ether oxygens (including phenoxy) is 1. The van der Waals surface area contributed by atoms with E-state index < -0.39 is 17.9 Å². The Morgan fingerprint density at radius 1 is 1.53 bits per heavy atom. The van der Waals surface area contributed by atoms with Gasteiger partial charge in [0.05, 0.1) is 12.3 Å². The maximum atomic E-state index is 11.3. The van der Waals surface area contributed by atoms with E-state index in [4.69, 9.17) is 11.6 Å². The molecular formula is C10H8ClNO3. The van der Waals surface area contributed by atoms with Gasteiger partial charge in [0.1, 0.15) is 5.15 Å². The molecule has 1 saturated heterocycles. The number of hydrogen-bond acceptors (Lipinski definition) is 4. The summed E-state index contributed by atoms with van der Waals surface area (Å²) in [5.41, 5.74) is 1.45. The normalized spacial score (nSPS) is 20.5. The predicted molar refractivity (Wildman–Crippen MR) is 52.4 cm³/mol. The van der Waals surface area contributed by atoms with E-state index in [1.165, 1.54) is 6.20 Å². The molecule has 2 heterocycles. The van der Waals surface area contributed by atoms with Crippen molar-refractivity contribution in [2.24, 2.45) is 0 Å². The molecule has 0 saturated carbocycles. The van der Waals surface area contributed by atoms with E-state index in [0.717, 1.165) is 5.56 Å². The molecule has 2 rings (SSSR count). The van der Waals surface area contributed by atoms with E-state index in [9.17, 15) is 9.59 Å². The van der Waals surface area contributed by atoms with Crippen LogP contribution in [0.5, 0.6) is 0 Å². The highest BCUT2D eigenvalue weighted by molar-refractivity contribution is 6.30. The number of cyclic esters (lactones) is 2. The van der Waals surface area contributed by atoms with Crippen LogP contribution < -0.4 is 0 Å². The van der Waals surface area contributed by atoms with E-state index in [0.29, 0.717) is 10.7 Å². The van der Waals surface area contributed by atoms with Gasteiger partial charge in [-0.25, -0.2) is 4.98 Å². The predicted octanol–water partition coefficient (Wildman–Crippen LogP) is 1.60. The Balaban J connectivity index is 2.34. The van der Waals surface area contributed by atoms with E-state index in [1.54, 1.807) is 13.0 Å². The summed E-state index contributed by atoms with van der Waals surface area (Å²) in [5.74, 6) is -1.53. The number of carbonyl (C=O) groups excluding carboxylic acids is 2. The van der Waals surface area contributed by atoms with Gasteiger partial charge < -0.3 is 4.74 Å². The summed E-state index contributed by atoms with van der Waals surface area (Å²) in [4.78, 5) is 26.1. The minimum Gasteiger partial charge on any atom is -0.393 e. The second-order valence-corrected chi connectivity index (χ2v) is 3.78. The third kappa shape index (κ3) is 1.85. The van der Waals surface area contributed by atoms with Crippen LogP contribution in [-0.2, 0) is 14.3 Å². The van der Waals surface area contributed by atoms with Crippen molar-refractivity contribution in [1.29, 1.82) is 0 Å². The highest BCUT2D eigenvalue weighted by Crippen LogP contribution is 2.28. The van der Waals surface area contributed by atoms with Crippen molar-refractivity contribution in [3.63, 3.8) is 0 Å². The van der Waals surface area contributed by atoms with Crippen molar-refractivity contribution in [3.8, 4) is 0 Å². The van der Waals surface area contributed by atoms with Crippen molar-refractivity contribution in [2.45, 2.75) is 19.3 Å². The van der Waals surface area contributed by atoms with Gasteiger partial charge in [-0.1, -0.05) is 17.7 Å². The molecule has 0 aliphatic carbocycles. The molecule has 1 fully saturated rings. The monoisotopic (exact) mass is 225 g/mol. The van der Waals surface area contributed by atoms with Crippen LogP contribution in [0.1, 0.15) is 23.5 Å². The second-order valence-electron chi connectivity index (χ2n) is 3.43. The Morgan fingerprint density at radius 2 is 2.27 bits per heavy atom. The number of aryl methyl sites for hydroxylation is 1. The number of aromatic nitrogens is 1. The molecular weight excluding hydrogens is 218 g/mol. The van der Waals surface area contributed by atoms with Crippen LogP contribution in [0.25, 0.3) is 0 Å². The van der Waals surface area contributed by atoms with E-state index in [2.05, 4.69) is 9.72 Å². The molecule has 15 heavy (non-hydrogen) atoms. The second kappa shape index (κ2) is 3.62. The minimum atomic E-state index is -0.527. The highest BCUT2D eigenvalue weighted by Gasteiger charge is 2.34. The highest BCUT2D eigenvalue weighted by atomic mass is 35.5. The van der Waals surface area contributed by atoms with Gasteiger partial charge in [-0.05, 0) is 18.1 Å². The van der Waals surface area contributed by atoms with Crippen LogP contribution in [0.3, 0.4) is 0 Å². The first kappa shape index (κ1) is 10.1. The van der Waals surface area contributed by atoms with Gasteiger partial charge in [0, 0.05) is 6.20 Å². The molecule has 0 bridgehead atoms. The quantitative estimate of drug-likeness (QED) is 0.414. The fraction of sp³-hybridized carbons (Fsp3) is 0.300. The molecule has 1 aromatic heterocycles. The third-order valence-electron chi connectivity index (χ3n) is 2.31. The van der Waals surface area contributed by atoms with Crippen LogP contribution in [0.4, 0.5) is 0 Å². The molecule has 0 spiro atoms. The molecule has 0 N–H and O–H groups in total. The number of esters is 2. The van der Waals surface area contributed by atoms with E-state index in [-0.39, 0.29) is 6.42 Å². The molecule has 0 amide bonds. The Morgan fingerprint density at radius 3 is 2.80 bits per heavy atom. The maximum Gasteiger partial charge on any atom is 0.321 e. The first-order valence-electron chi connectivity index (χ1n) is 4.44. The topological polar surface area (TPSA) is 56.3 Å². The zero-order valence-corrected chi connectivity index (χ0v) is 8.75. The number of rotatable bonds is 1. The fourth-order valence-electron chi connectivity index (χ4n) is 1.50. The van der Waals surface area contributed by atoms with Crippen molar-refractivity contribution in [2.75, 3.05) is 0 Å². The number of carbonyl (C=O) groups is 2. The lowest BCUT2D eigenvalue weighted by molar-refractivity contribution is -0.152. The largest absolute Gasteiger partial charge is 0.393 e. The molecule has 1 aliphatic heterocycles. The van der Waals surface area contributed by atoms with Crippen LogP contribution in [0.2, 0.25) is 5.15 Å². The molecule has 1 aromatic rings. The average molecular weight is 226 g/mol. The number of halogens is 1. The molecule has 78 valence electrons. The zero-order chi connectivity index (χ0) is 11.0. The van der Waals surface area contributed by atoms with Crippen molar-refractivity contribution >= 4 is 23.5 Å². The van der Waals surface area contributed by atoms with Gasteiger partial charge in [-0.15, -0.1) is 0 Å². The summed E-state index contributed by atoms with van der Waals surface area (Å²) in [5, 5.41) is 0.399. The standard InChI is InChI=1S/C10H8ClNO3/c1-5-2-6(4-12-9(5)11)7-3-8(13)15-10(7)14/h2,4,7H,3H2,1H3. The molecule has 1 aliphatic rings. The molecule has 0 radical (unpaired) electrons. The first-order chi connectivity index (χ1) is 7.08. The van der Waals surface area contributed by atoms with Gasteiger partial charge >= 0.3 is 11.9 Å². The van der Waals surface area contributed by atoms with Crippen LogP contribution in [0, 0.1) is 6.92 Å². The summed E-state index contributed by atoms with van der Waals surface area (Å²) >= 11 is 5.76. The van der Waals surface area contributed by atoms with Gasteiger partial charge in [0.15, 0.2) is 0 Å². The SMILES string of the molecule is Cc1cc(C2CC(=O)OC2=O)cnc1Cl. The van der Waals surface area contributed by atoms with Gasteiger partial charge in [0.2, 0.25) is 0 Å². The molecule has 1 atom stereocenters. The van der Waals surface area contributed by atoms with E-state index in [1.807, 2.05) is 0 Å². The summed E-state index contributed by atoms with van der Waals surface area (Å²) in [6.07, 6.45) is 1.58. The van der Waals surface area contributed by atoms with Crippen LogP contribution >= 0.6 is 11.6 Å². The molecule has 4 nitrogen and oxygen atoms in total. The summed E-state index contributed by atoms with van der Waals surface area (Å²) in [6, 6.07) is 1.75. The number of pyridine rings is 1. The average Bonchev–Trinajstić information content (AvgIpc) is 2.50. The molecule has 1 unspecified atom stereocenters. The van der Waals surface area contributed by atoms with Gasteiger partial charge in [0.25, 0.3) is 0 Å². The zero-order valence-electron chi connectivity index (χ0n) is 7.99. The fourth-order valence-corrected chi connectivity index (χ4v) is 1.60. The number of hydrogen-bond donors (Lipinski definition) is 0. The van der Waals surface area contributed by atoms with Crippen LogP contribution in [0.15, 0.2) is 12.3 Å². The van der Waals surface area contributed by atoms with Crippen molar-refractivity contribution < 1.29 is 14.3 Å². The number of nitrogens with zero attached hydrogens (tertiary/aromatic N) is 1. The Bertz CT molecular complexity index is 444. The lowest BCUT2D eigenvalue weighted by atomic mass is 9.98. The van der Waals surface area contributed by atoms with Gasteiger partial charge in [-0.2, -0.15) is 0 Å². The minimum absolute atomic E-state index is 0.0849. The Labute approximate surface area is 91.2 Å². The third-order valence-corrected chi connectivity index (χ3v) is 2.70. The van der Waals surface area contributed by atoms with E-state index >= 15 is 0 Å². The summed E-state index contributed by atoms with van der Waals surface area (Å²) in [6.45, 7) is 1.79. The Hall–Kier alpha value is -1.42. The van der Waals surface area contributed by atoms with Crippen LogP contribution in [-0.4, -0.2) is 16.9 Å². The smallest absolute Gasteiger partial charge is 0.321 e. The molecule has 5 heteroatoms. The van der Waals surface area contributed by atoms with Gasteiger partial charge in [-0.3, -0.25) is 9.59 Å². The lowest BCUT2D eigenvalue weighted by Gasteiger charge is -2.05. The van der Waals surface area contributed by atoms with Crippen molar-refractivity contribution in [1.82, 2.24) is 4.98 Å². The lowest BCUT2D eigenvalue weighted by Crippen LogP contribution is -2.06. The molecule has 0 aromatic carbocycles. The first-order valence-corrected chi connectivity index (χ1v) is 4.82. The van der Waals surface area contributed by atoms with Crippen molar-refractivity contribution in [3.05, 3.63) is 28.5 Å².